The third-order valence-electron chi connectivity index (χ3n) is 3.48. The van der Waals surface area contributed by atoms with E-state index in [0.29, 0.717) is 13.0 Å². The van der Waals surface area contributed by atoms with Crippen LogP contribution in [-0.2, 0) is 4.79 Å². The Morgan fingerprint density at radius 2 is 2.16 bits per heavy atom. The second kappa shape index (κ2) is 5.61. The van der Waals surface area contributed by atoms with Crippen LogP contribution in [0.2, 0.25) is 0 Å². The topological polar surface area (TPSA) is 58.6 Å². The van der Waals surface area contributed by atoms with Crippen LogP contribution in [0.4, 0.5) is 0 Å². The number of aryl methyl sites for hydroxylation is 2. The lowest BCUT2D eigenvalue weighted by Crippen LogP contribution is -2.40. The molecular formula is C15H21NO3. The maximum atomic E-state index is 11.7. The number of hydrogen-bond donors (Lipinski definition) is 2. The summed E-state index contributed by atoms with van der Waals surface area (Å²) in [6.07, 6.45) is 2.05. The number of carbonyl (C=O) groups is 1. The average molecular weight is 263 g/mol. The van der Waals surface area contributed by atoms with Crippen molar-refractivity contribution in [2.24, 2.45) is 0 Å². The zero-order valence-corrected chi connectivity index (χ0v) is 11.5. The molecule has 1 aromatic carbocycles. The summed E-state index contributed by atoms with van der Waals surface area (Å²) in [7, 11) is 0. The Morgan fingerprint density at radius 1 is 1.42 bits per heavy atom. The van der Waals surface area contributed by atoms with Gasteiger partial charge in [0.05, 0.1) is 25.2 Å². The van der Waals surface area contributed by atoms with Gasteiger partial charge in [-0.15, -0.1) is 0 Å². The van der Waals surface area contributed by atoms with Gasteiger partial charge in [-0.1, -0.05) is 17.7 Å². The highest BCUT2D eigenvalue weighted by atomic mass is 16.5. The van der Waals surface area contributed by atoms with E-state index in [4.69, 9.17) is 9.84 Å². The molecule has 2 rings (SSSR count). The number of hydrogen-bond acceptors (Lipinski definition) is 3. The minimum atomic E-state index is -0.336. The monoisotopic (exact) mass is 263 g/mol. The normalized spacial score (nSPS) is 15.9. The number of aliphatic hydroxyl groups is 1. The van der Waals surface area contributed by atoms with E-state index in [1.165, 1.54) is 5.56 Å². The van der Waals surface area contributed by atoms with Gasteiger partial charge in [-0.05, 0) is 38.3 Å². The summed E-state index contributed by atoms with van der Waals surface area (Å²) in [5, 5.41) is 12.0. The van der Waals surface area contributed by atoms with Crippen LogP contribution in [0.15, 0.2) is 18.2 Å². The minimum Gasteiger partial charge on any atom is -0.493 e. The summed E-state index contributed by atoms with van der Waals surface area (Å²) in [6.45, 7) is 4.41. The van der Waals surface area contributed by atoms with Crippen LogP contribution in [0.3, 0.4) is 0 Å². The summed E-state index contributed by atoms with van der Waals surface area (Å²) in [6, 6.07) is 5.98. The van der Waals surface area contributed by atoms with E-state index in [0.717, 1.165) is 24.2 Å². The zero-order chi connectivity index (χ0) is 13.9. The van der Waals surface area contributed by atoms with Gasteiger partial charge in [-0.3, -0.25) is 4.79 Å². The number of ether oxygens (including phenoxy) is 1. The fourth-order valence-corrected chi connectivity index (χ4v) is 2.05. The van der Waals surface area contributed by atoms with Gasteiger partial charge in [0.15, 0.2) is 0 Å². The van der Waals surface area contributed by atoms with Crippen LogP contribution in [0.25, 0.3) is 0 Å². The molecule has 4 heteroatoms. The molecule has 1 amide bonds. The lowest BCUT2D eigenvalue weighted by atomic mass is 10.1. The third kappa shape index (κ3) is 3.70. The Morgan fingerprint density at radius 3 is 2.74 bits per heavy atom. The quantitative estimate of drug-likeness (QED) is 0.821. The van der Waals surface area contributed by atoms with Crippen molar-refractivity contribution in [2.75, 3.05) is 13.2 Å². The molecule has 0 saturated heterocycles. The van der Waals surface area contributed by atoms with E-state index >= 15 is 0 Å². The highest BCUT2D eigenvalue weighted by Crippen LogP contribution is 2.34. The van der Waals surface area contributed by atoms with Gasteiger partial charge in [-0.2, -0.15) is 0 Å². The lowest BCUT2D eigenvalue weighted by molar-refractivity contribution is -0.122. The highest BCUT2D eigenvalue weighted by Gasteiger charge is 2.43. The van der Waals surface area contributed by atoms with E-state index in [1.807, 2.05) is 26.0 Å². The zero-order valence-electron chi connectivity index (χ0n) is 11.5. The number of benzene rings is 1. The molecule has 0 aliphatic heterocycles. The molecule has 0 spiro atoms. The van der Waals surface area contributed by atoms with E-state index in [2.05, 4.69) is 11.4 Å². The molecule has 1 aromatic rings. The first-order valence-corrected chi connectivity index (χ1v) is 6.67. The molecule has 4 nitrogen and oxygen atoms in total. The van der Waals surface area contributed by atoms with Gasteiger partial charge in [0, 0.05) is 0 Å². The van der Waals surface area contributed by atoms with Crippen molar-refractivity contribution in [2.45, 2.75) is 38.6 Å². The molecule has 0 unspecified atom stereocenters. The molecule has 0 bridgehead atoms. The van der Waals surface area contributed by atoms with E-state index < -0.39 is 0 Å². The van der Waals surface area contributed by atoms with E-state index in [1.54, 1.807) is 0 Å². The Kier molecular flexibility index (Phi) is 4.10. The van der Waals surface area contributed by atoms with Crippen LogP contribution in [-0.4, -0.2) is 29.8 Å². The predicted molar refractivity (Wildman–Crippen MR) is 73.2 cm³/mol. The first-order chi connectivity index (χ1) is 9.04. The van der Waals surface area contributed by atoms with Gasteiger partial charge in [0.2, 0.25) is 5.91 Å². The summed E-state index contributed by atoms with van der Waals surface area (Å²) in [4.78, 5) is 11.7. The van der Waals surface area contributed by atoms with Crippen LogP contribution < -0.4 is 10.1 Å². The van der Waals surface area contributed by atoms with Crippen molar-refractivity contribution >= 4 is 5.91 Å². The Labute approximate surface area is 113 Å². The Balaban J connectivity index is 1.75. The van der Waals surface area contributed by atoms with Crippen LogP contribution in [0.1, 0.15) is 30.4 Å². The molecule has 0 aromatic heterocycles. The molecule has 0 radical (unpaired) electrons. The summed E-state index contributed by atoms with van der Waals surface area (Å²) >= 11 is 0. The third-order valence-corrected chi connectivity index (χ3v) is 3.48. The lowest BCUT2D eigenvalue weighted by Gasteiger charge is -2.14. The molecule has 19 heavy (non-hydrogen) atoms. The highest BCUT2D eigenvalue weighted by molar-refractivity contribution is 5.77. The number of amides is 1. The van der Waals surface area contributed by atoms with Crippen molar-refractivity contribution in [1.82, 2.24) is 5.32 Å². The standard InChI is InChI=1S/C15H21NO3/c1-11-3-4-13(12(2)9-11)19-8-5-14(18)16-15(10-17)6-7-15/h3-4,9,17H,5-8,10H2,1-2H3,(H,16,18). The van der Waals surface area contributed by atoms with Crippen molar-refractivity contribution < 1.29 is 14.6 Å². The second-order valence-corrected chi connectivity index (χ2v) is 5.35. The van der Waals surface area contributed by atoms with Crippen molar-refractivity contribution in [3.63, 3.8) is 0 Å². The molecule has 104 valence electrons. The van der Waals surface area contributed by atoms with Gasteiger partial charge in [0.25, 0.3) is 0 Å². The predicted octanol–water partition coefficient (Wildman–Crippen LogP) is 1.71. The SMILES string of the molecule is Cc1ccc(OCCC(=O)NC2(CO)CC2)c(C)c1. The maximum absolute atomic E-state index is 11.7. The molecule has 2 N–H and O–H groups in total. The minimum absolute atomic E-state index is 0.0245. The Bertz CT molecular complexity index is 466. The maximum Gasteiger partial charge on any atom is 0.223 e. The van der Waals surface area contributed by atoms with E-state index in [-0.39, 0.29) is 18.1 Å². The summed E-state index contributed by atoms with van der Waals surface area (Å²) < 4.78 is 5.61. The Hall–Kier alpha value is -1.55. The number of rotatable bonds is 6. The van der Waals surface area contributed by atoms with Gasteiger partial charge >= 0.3 is 0 Å². The molecule has 1 saturated carbocycles. The molecule has 1 aliphatic carbocycles. The van der Waals surface area contributed by atoms with Crippen LogP contribution in [0, 0.1) is 13.8 Å². The van der Waals surface area contributed by atoms with Crippen molar-refractivity contribution in [3.05, 3.63) is 29.3 Å². The van der Waals surface area contributed by atoms with Gasteiger partial charge < -0.3 is 15.2 Å². The smallest absolute Gasteiger partial charge is 0.223 e. The molecule has 1 fully saturated rings. The fraction of sp³-hybridized carbons (Fsp3) is 0.533. The molecule has 1 aliphatic rings. The first-order valence-electron chi connectivity index (χ1n) is 6.67. The molecule has 0 atom stereocenters. The van der Waals surface area contributed by atoms with E-state index in [9.17, 15) is 4.79 Å². The first kappa shape index (κ1) is 13.9. The summed E-state index contributed by atoms with van der Waals surface area (Å²) in [5.41, 5.74) is 1.94. The molecular weight excluding hydrogens is 242 g/mol. The van der Waals surface area contributed by atoms with Crippen molar-refractivity contribution in [1.29, 1.82) is 0 Å². The number of nitrogens with one attached hydrogen (secondary N) is 1. The fourth-order valence-electron chi connectivity index (χ4n) is 2.05. The van der Waals surface area contributed by atoms with Crippen molar-refractivity contribution in [3.8, 4) is 5.75 Å². The summed E-state index contributed by atoms with van der Waals surface area (Å²) in [5.74, 6) is 0.762. The van der Waals surface area contributed by atoms with Crippen LogP contribution >= 0.6 is 0 Å². The molecule has 0 heterocycles. The number of aliphatic hydroxyl groups excluding tert-OH is 1. The van der Waals surface area contributed by atoms with Crippen LogP contribution in [0.5, 0.6) is 5.75 Å². The largest absolute Gasteiger partial charge is 0.493 e. The second-order valence-electron chi connectivity index (χ2n) is 5.35. The van der Waals surface area contributed by atoms with Gasteiger partial charge in [0.1, 0.15) is 5.75 Å². The average Bonchev–Trinajstić information content (AvgIpc) is 3.12. The number of carbonyl (C=O) groups excluding carboxylic acids is 1. The van der Waals surface area contributed by atoms with Gasteiger partial charge in [-0.25, -0.2) is 0 Å².